The van der Waals surface area contributed by atoms with Gasteiger partial charge < -0.3 is 10.8 Å². The Bertz CT molecular complexity index is 584. The molecule has 1 aromatic carbocycles. The van der Waals surface area contributed by atoms with Crippen LogP contribution in [0.25, 0.3) is 0 Å². The quantitative estimate of drug-likeness (QED) is 0.679. The van der Waals surface area contributed by atoms with E-state index in [1.807, 2.05) is 4.72 Å². The number of carbonyl (C=O) groups excluding carboxylic acids is 1. The van der Waals surface area contributed by atoms with Gasteiger partial charge in [0.05, 0.1) is 11.3 Å². The van der Waals surface area contributed by atoms with Crippen LogP contribution in [0.15, 0.2) is 29.2 Å². The molecule has 1 aromatic rings. The molecule has 1 atom stereocenters. The number of carboxylic acid groups (broad SMARTS) is 1. The van der Waals surface area contributed by atoms with Crippen LogP contribution in [-0.2, 0) is 19.6 Å². The summed E-state index contributed by atoms with van der Waals surface area (Å²) in [4.78, 5) is 21.4. The number of amides is 1. The van der Waals surface area contributed by atoms with Crippen LogP contribution in [0.2, 0.25) is 5.02 Å². The van der Waals surface area contributed by atoms with Crippen LogP contribution in [0.1, 0.15) is 6.42 Å². The lowest BCUT2D eigenvalue weighted by Crippen LogP contribution is -2.43. The van der Waals surface area contributed by atoms with Crippen LogP contribution >= 0.6 is 11.6 Å². The predicted octanol–water partition coefficient (Wildman–Crippen LogP) is -0.0531. The van der Waals surface area contributed by atoms with Gasteiger partial charge >= 0.3 is 5.97 Å². The number of benzene rings is 1. The van der Waals surface area contributed by atoms with Gasteiger partial charge in [-0.25, -0.2) is 8.42 Å². The van der Waals surface area contributed by atoms with E-state index < -0.39 is 34.4 Å². The van der Waals surface area contributed by atoms with Crippen molar-refractivity contribution < 1.29 is 23.1 Å². The lowest BCUT2D eigenvalue weighted by Gasteiger charge is -2.13. The van der Waals surface area contributed by atoms with Gasteiger partial charge in [0.2, 0.25) is 15.9 Å². The maximum Gasteiger partial charge on any atom is 0.322 e. The average Bonchev–Trinajstić information content (AvgIpc) is 2.27. The van der Waals surface area contributed by atoms with Gasteiger partial charge in [0.25, 0.3) is 0 Å². The van der Waals surface area contributed by atoms with Crippen molar-refractivity contribution in [3.05, 3.63) is 29.3 Å². The molecule has 19 heavy (non-hydrogen) atoms. The first-order valence-electron chi connectivity index (χ1n) is 5.01. The molecule has 0 fully saturated rings. The summed E-state index contributed by atoms with van der Waals surface area (Å²) >= 11 is 5.62. The lowest BCUT2D eigenvalue weighted by molar-refractivity contribution is -0.140. The Morgan fingerprint density at radius 3 is 2.26 bits per heavy atom. The van der Waals surface area contributed by atoms with E-state index in [4.69, 9.17) is 22.4 Å². The summed E-state index contributed by atoms with van der Waals surface area (Å²) in [6, 6.07) is 3.51. The van der Waals surface area contributed by atoms with Crippen LogP contribution in [0, 0.1) is 0 Å². The molecule has 0 aliphatic heterocycles. The van der Waals surface area contributed by atoms with Gasteiger partial charge in [-0.3, -0.25) is 9.59 Å². The number of nitrogens with one attached hydrogen (secondary N) is 1. The number of nitrogens with two attached hydrogens (primary N) is 1. The molecular weight excluding hydrogens is 296 g/mol. The summed E-state index contributed by atoms with van der Waals surface area (Å²) in [5, 5.41) is 9.16. The predicted molar refractivity (Wildman–Crippen MR) is 67.0 cm³/mol. The molecule has 0 heterocycles. The normalized spacial score (nSPS) is 12.9. The third kappa shape index (κ3) is 4.51. The van der Waals surface area contributed by atoms with Gasteiger partial charge in [0.15, 0.2) is 0 Å². The van der Waals surface area contributed by atoms with E-state index in [1.54, 1.807) is 0 Å². The van der Waals surface area contributed by atoms with Crippen LogP contribution < -0.4 is 10.5 Å². The molecule has 0 unspecified atom stereocenters. The molecular formula is C10H11ClN2O5S. The van der Waals surface area contributed by atoms with Crippen molar-refractivity contribution in [1.82, 2.24) is 4.72 Å². The first-order chi connectivity index (χ1) is 8.72. The second-order valence-electron chi connectivity index (χ2n) is 3.64. The van der Waals surface area contributed by atoms with E-state index in [0.29, 0.717) is 5.02 Å². The first-order valence-corrected chi connectivity index (χ1v) is 6.87. The lowest BCUT2D eigenvalue weighted by atomic mass is 10.2. The van der Waals surface area contributed by atoms with Crippen molar-refractivity contribution in [2.45, 2.75) is 17.4 Å². The van der Waals surface area contributed by atoms with Crippen LogP contribution in [-0.4, -0.2) is 31.4 Å². The molecule has 4 N–H and O–H groups in total. The fourth-order valence-corrected chi connectivity index (χ4v) is 2.56. The van der Waals surface area contributed by atoms with Crippen LogP contribution in [0.4, 0.5) is 0 Å². The Morgan fingerprint density at radius 2 is 1.84 bits per heavy atom. The highest BCUT2D eigenvalue weighted by Crippen LogP contribution is 2.14. The second kappa shape index (κ2) is 6.00. The Hall–Kier alpha value is -1.64. The smallest absolute Gasteiger partial charge is 0.322 e. The molecule has 0 saturated carbocycles. The zero-order chi connectivity index (χ0) is 14.6. The second-order valence-corrected chi connectivity index (χ2v) is 5.79. The van der Waals surface area contributed by atoms with Gasteiger partial charge in [-0.05, 0) is 24.3 Å². The highest BCUT2D eigenvalue weighted by Gasteiger charge is 2.26. The summed E-state index contributed by atoms with van der Waals surface area (Å²) in [6.07, 6.45) is -0.637. The average molecular weight is 307 g/mol. The highest BCUT2D eigenvalue weighted by molar-refractivity contribution is 7.89. The molecule has 0 aromatic heterocycles. The van der Waals surface area contributed by atoms with E-state index in [1.165, 1.54) is 24.3 Å². The van der Waals surface area contributed by atoms with Gasteiger partial charge in [-0.15, -0.1) is 0 Å². The fourth-order valence-electron chi connectivity index (χ4n) is 1.25. The molecule has 1 rings (SSSR count). The molecule has 0 aliphatic carbocycles. The zero-order valence-electron chi connectivity index (χ0n) is 9.54. The maximum absolute atomic E-state index is 11.9. The largest absolute Gasteiger partial charge is 0.480 e. The Kier molecular flexibility index (Phi) is 4.87. The minimum Gasteiger partial charge on any atom is -0.480 e. The standard InChI is InChI=1S/C10H11ClN2O5S/c11-6-1-3-7(4-2-6)19(17,18)13-8(10(15)16)5-9(12)14/h1-4,8,13H,5H2,(H2,12,14)(H,15,16)/t8-/m0/s1. The molecule has 0 spiro atoms. The molecule has 1 amide bonds. The van der Waals surface area contributed by atoms with Crippen molar-refractivity contribution in [3.63, 3.8) is 0 Å². The van der Waals surface area contributed by atoms with Gasteiger partial charge in [-0.1, -0.05) is 11.6 Å². The molecule has 7 nitrogen and oxygen atoms in total. The first kappa shape index (κ1) is 15.4. The van der Waals surface area contributed by atoms with Crippen LogP contribution in [0.3, 0.4) is 0 Å². The van der Waals surface area contributed by atoms with Gasteiger partial charge in [0.1, 0.15) is 6.04 Å². The summed E-state index contributed by atoms with van der Waals surface area (Å²) in [7, 11) is -4.06. The molecule has 104 valence electrons. The number of carbonyl (C=O) groups is 2. The third-order valence-corrected chi connectivity index (χ3v) is 3.86. The minimum atomic E-state index is -4.06. The molecule has 0 radical (unpaired) electrons. The van der Waals surface area contributed by atoms with Crippen molar-refractivity contribution in [2.75, 3.05) is 0 Å². The Morgan fingerprint density at radius 1 is 1.32 bits per heavy atom. The minimum absolute atomic E-state index is 0.160. The van der Waals surface area contributed by atoms with E-state index >= 15 is 0 Å². The number of carboxylic acids is 1. The van der Waals surface area contributed by atoms with E-state index in [0.717, 1.165) is 0 Å². The molecule has 0 bridgehead atoms. The number of primary amides is 1. The number of hydrogen-bond donors (Lipinski definition) is 3. The molecule has 0 saturated heterocycles. The summed E-state index contributed by atoms with van der Waals surface area (Å²) in [5.41, 5.74) is 4.85. The zero-order valence-corrected chi connectivity index (χ0v) is 11.1. The number of hydrogen-bond acceptors (Lipinski definition) is 4. The van der Waals surface area contributed by atoms with E-state index in [-0.39, 0.29) is 4.90 Å². The third-order valence-electron chi connectivity index (χ3n) is 2.12. The topological polar surface area (TPSA) is 127 Å². The maximum atomic E-state index is 11.9. The number of sulfonamides is 1. The molecule has 9 heteroatoms. The highest BCUT2D eigenvalue weighted by atomic mass is 35.5. The van der Waals surface area contributed by atoms with Gasteiger partial charge in [-0.2, -0.15) is 4.72 Å². The van der Waals surface area contributed by atoms with Crippen molar-refractivity contribution in [3.8, 4) is 0 Å². The SMILES string of the molecule is NC(=O)C[C@H](NS(=O)(=O)c1ccc(Cl)cc1)C(=O)O. The number of halogens is 1. The van der Waals surface area contributed by atoms with Crippen LogP contribution in [0.5, 0.6) is 0 Å². The summed E-state index contributed by atoms with van der Waals surface area (Å²) in [6.45, 7) is 0. The fraction of sp³-hybridized carbons (Fsp3) is 0.200. The Balaban J connectivity index is 2.97. The van der Waals surface area contributed by atoms with Gasteiger partial charge in [0, 0.05) is 5.02 Å². The summed E-state index contributed by atoms with van der Waals surface area (Å²) < 4.78 is 25.6. The van der Waals surface area contributed by atoms with E-state index in [2.05, 4.69) is 0 Å². The number of rotatable bonds is 6. The molecule has 0 aliphatic rings. The Labute approximate surface area is 114 Å². The monoisotopic (exact) mass is 306 g/mol. The van der Waals surface area contributed by atoms with E-state index in [9.17, 15) is 18.0 Å². The van der Waals surface area contributed by atoms with Crippen molar-refractivity contribution >= 4 is 33.5 Å². The van der Waals surface area contributed by atoms with Crippen molar-refractivity contribution in [1.29, 1.82) is 0 Å². The summed E-state index contributed by atoms with van der Waals surface area (Å²) in [5.74, 6) is -2.41. The number of aliphatic carboxylic acids is 1. The van der Waals surface area contributed by atoms with Crippen molar-refractivity contribution in [2.24, 2.45) is 5.73 Å².